The maximum absolute atomic E-state index is 13.8. The monoisotopic (exact) mass is 560 g/mol. The number of alkyl halides is 3. The zero-order valence-corrected chi connectivity index (χ0v) is 22.7. The lowest BCUT2D eigenvalue weighted by atomic mass is 9.85. The molecule has 0 spiro atoms. The summed E-state index contributed by atoms with van der Waals surface area (Å²) in [4.78, 5) is 27.7. The van der Waals surface area contributed by atoms with Crippen LogP contribution in [0.2, 0.25) is 0 Å². The van der Waals surface area contributed by atoms with E-state index in [1.807, 2.05) is 38.1 Å². The fourth-order valence-corrected chi connectivity index (χ4v) is 5.68. The quantitative estimate of drug-likeness (QED) is 0.363. The molecule has 0 radical (unpaired) electrons. The van der Waals surface area contributed by atoms with Crippen LogP contribution in [-0.2, 0) is 16.0 Å². The first-order valence-electron chi connectivity index (χ1n) is 13.4. The Labute approximate surface area is 231 Å². The van der Waals surface area contributed by atoms with Crippen LogP contribution in [-0.4, -0.2) is 58.8 Å². The van der Waals surface area contributed by atoms with E-state index in [4.69, 9.17) is 10.1 Å². The minimum atomic E-state index is -4.71. The van der Waals surface area contributed by atoms with Crippen molar-refractivity contribution in [2.24, 2.45) is 0 Å². The Kier molecular flexibility index (Phi) is 8.55. The topological polar surface area (TPSA) is 115 Å². The van der Waals surface area contributed by atoms with Crippen molar-refractivity contribution in [2.75, 3.05) is 7.11 Å². The zero-order chi connectivity index (χ0) is 29.2. The molecule has 0 bridgehead atoms. The molecule has 40 heavy (non-hydrogen) atoms. The van der Waals surface area contributed by atoms with Crippen LogP contribution in [0, 0.1) is 5.41 Å². The molecule has 216 valence electrons. The molecule has 0 aromatic heterocycles. The lowest BCUT2D eigenvalue weighted by Crippen LogP contribution is -2.62. The summed E-state index contributed by atoms with van der Waals surface area (Å²) in [7, 11) is 0.949. The van der Waals surface area contributed by atoms with Crippen molar-refractivity contribution in [1.29, 1.82) is 5.41 Å². The minimum absolute atomic E-state index is 0.0156. The predicted molar refractivity (Wildman–Crippen MR) is 143 cm³/mol. The number of halogens is 3. The van der Waals surface area contributed by atoms with Gasteiger partial charge in [0.15, 0.2) is 12.1 Å². The number of carbonyl (C=O) groups excluding carboxylic acids is 2. The van der Waals surface area contributed by atoms with Crippen molar-refractivity contribution in [1.82, 2.24) is 15.5 Å². The third kappa shape index (κ3) is 5.85. The molecule has 1 aliphatic heterocycles. The lowest BCUT2D eigenvalue weighted by Gasteiger charge is -2.45. The first-order chi connectivity index (χ1) is 18.9. The summed E-state index contributed by atoms with van der Waals surface area (Å²) in [5.74, 6) is -1.29. The number of guanidine groups is 1. The van der Waals surface area contributed by atoms with Gasteiger partial charge in [0.05, 0.1) is 24.6 Å². The van der Waals surface area contributed by atoms with Gasteiger partial charge in [-0.25, -0.2) is 0 Å². The van der Waals surface area contributed by atoms with Crippen molar-refractivity contribution in [2.45, 2.75) is 82.0 Å². The molecule has 1 heterocycles. The molecule has 2 amide bonds. The van der Waals surface area contributed by atoms with E-state index >= 15 is 0 Å². The molecule has 2 aliphatic rings. The highest BCUT2D eigenvalue weighted by Gasteiger charge is 2.47. The van der Waals surface area contributed by atoms with Gasteiger partial charge in [-0.2, -0.15) is 13.2 Å². The molecule has 2 aromatic rings. The number of nitrogens with one attached hydrogen (secondary N) is 3. The summed E-state index contributed by atoms with van der Waals surface area (Å²) in [5.41, 5.74) is 1.49. The van der Waals surface area contributed by atoms with Crippen LogP contribution in [0.1, 0.15) is 78.7 Å². The van der Waals surface area contributed by atoms with Crippen molar-refractivity contribution in [3.63, 3.8) is 0 Å². The van der Waals surface area contributed by atoms with Crippen LogP contribution < -0.4 is 10.6 Å². The molecule has 2 aromatic carbocycles. The van der Waals surface area contributed by atoms with Gasteiger partial charge in [-0.1, -0.05) is 50.2 Å². The van der Waals surface area contributed by atoms with E-state index in [9.17, 15) is 27.9 Å². The summed E-state index contributed by atoms with van der Waals surface area (Å²) in [6.45, 7) is 3.77. The number of carbonyl (C=O) groups is 2. The van der Waals surface area contributed by atoms with Gasteiger partial charge in [0, 0.05) is 31.1 Å². The van der Waals surface area contributed by atoms with Gasteiger partial charge < -0.3 is 20.5 Å². The molecule has 8 nitrogen and oxygen atoms in total. The highest BCUT2D eigenvalue weighted by atomic mass is 19.4. The number of benzene rings is 2. The van der Waals surface area contributed by atoms with Gasteiger partial charge in [-0.15, -0.1) is 0 Å². The molecule has 1 aliphatic carbocycles. The third-order valence-corrected chi connectivity index (χ3v) is 8.16. The van der Waals surface area contributed by atoms with E-state index in [0.717, 1.165) is 23.1 Å². The number of amides is 2. The van der Waals surface area contributed by atoms with E-state index in [-0.39, 0.29) is 23.5 Å². The summed E-state index contributed by atoms with van der Waals surface area (Å²) in [6, 6.07) is 11.5. The molecule has 4 rings (SSSR count). The number of rotatable bonds is 9. The standard InChI is InChI=1S/C29H35F3N4O4/c1-4-28(5-2)16-24(38)36(27(33)35-28)21(15-23(40-3)29(30,31)32)18-10-8-11-19(13-18)26(39)34-25-20-12-7-6-9-17(20)14-22(25)37/h6-13,21-23,25,37H,4-5,14-16H2,1-3H3,(H2,33,35)(H,34,39)/t21?,22-,23?,25-/m1/s1. The molecular weight excluding hydrogens is 525 g/mol. The summed E-state index contributed by atoms with van der Waals surface area (Å²) in [6.07, 6.45) is -6.87. The van der Waals surface area contributed by atoms with E-state index in [2.05, 4.69) is 10.6 Å². The first kappa shape index (κ1) is 29.5. The minimum Gasteiger partial charge on any atom is -0.390 e. The normalized spacial score (nSPS) is 21.9. The highest BCUT2D eigenvalue weighted by molar-refractivity contribution is 6.00. The predicted octanol–water partition coefficient (Wildman–Crippen LogP) is 4.40. The average molecular weight is 561 g/mol. The summed E-state index contributed by atoms with van der Waals surface area (Å²) in [5, 5.41) is 25.1. The summed E-state index contributed by atoms with van der Waals surface area (Å²) >= 11 is 0. The van der Waals surface area contributed by atoms with Gasteiger partial charge in [-0.3, -0.25) is 19.9 Å². The molecule has 1 fully saturated rings. The summed E-state index contributed by atoms with van der Waals surface area (Å²) < 4.78 is 46.2. The highest BCUT2D eigenvalue weighted by Crippen LogP contribution is 2.37. The van der Waals surface area contributed by atoms with Gasteiger partial charge >= 0.3 is 6.18 Å². The molecule has 11 heteroatoms. The first-order valence-corrected chi connectivity index (χ1v) is 13.4. The number of hydrogen-bond acceptors (Lipinski definition) is 5. The molecule has 4 atom stereocenters. The van der Waals surface area contributed by atoms with Crippen LogP contribution in [0.4, 0.5) is 13.2 Å². The van der Waals surface area contributed by atoms with E-state index in [1.165, 1.54) is 24.3 Å². The Hall–Kier alpha value is -3.44. The number of aliphatic hydroxyl groups is 1. The maximum atomic E-state index is 13.8. The largest absolute Gasteiger partial charge is 0.414 e. The fraction of sp³-hybridized carbons (Fsp3) is 0.483. The fourth-order valence-electron chi connectivity index (χ4n) is 5.68. The van der Waals surface area contributed by atoms with Gasteiger partial charge in [-0.05, 0) is 41.7 Å². The van der Waals surface area contributed by atoms with Gasteiger partial charge in [0.1, 0.15) is 0 Å². The van der Waals surface area contributed by atoms with Crippen molar-refractivity contribution < 1.29 is 32.6 Å². The molecule has 2 unspecified atom stereocenters. The molecule has 4 N–H and O–H groups in total. The maximum Gasteiger partial charge on any atom is 0.414 e. The number of hydrogen-bond donors (Lipinski definition) is 4. The van der Waals surface area contributed by atoms with Crippen LogP contribution in [0.15, 0.2) is 48.5 Å². The second kappa shape index (κ2) is 11.6. The van der Waals surface area contributed by atoms with Crippen LogP contribution in [0.5, 0.6) is 0 Å². The number of methoxy groups -OCH3 is 1. The second-order valence-electron chi connectivity index (χ2n) is 10.5. The van der Waals surface area contributed by atoms with E-state index in [1.54, 1.807) is 0 Å². The smallest absolute Gasteiger partial charge is 0.390 e. The third-order valence-electron chi connectivity index (χ3n) is 8.16. The Morgan fingerprint density at radius 2 is 1.93 bits per heavy atom. The second-order valence-corrected chi connectivity index (χ2v) is 10.5. The zero-order valence-electron chi connectivity index (χ0n) is 22.7. The van der Waals surface area contributed by atoms with Gasteiger partial charge in [0.2, 0.25) is 5.91 Å². The Bertz CT molecular complexity index is 1240. The SMILES string of the molecule is CCC1(CC)CC(=O)N(C(CC(OC)C(F)(F)F)c2cccc(C(=O)N[C@@H]3c4ccccc4C[C@H]3O)c2)C(=N)N1. The Morgan fingerprint density at radius 3 is 2.55 bits per heavy atom. The number of ether oxygens (including phenoxy) is 1. The van der Waals surface area contributed by atoms with Crippen molar-refractivity contribution in [3.05, 3.63) is 70.8 Å². The molecular formula is C29H35F3N4O4. The molecule has 0 saturated carbocycles. The van der Waals surface area contributed by atoms with Crippen molar-refractivity contribution >= 4 is 17.8 Å². The van der Waals surface area contributed by atoms with E-state index < -0.39 is 54.2 Å². The van der Waals surface area contributed by atoms with Gasteiger partial charge in [0.25, 0.3) is 5.91 Å². The number of fused-ring (bicyclic) bond motifs is 1. The van der Waals surface area contributed by atoms with Crippen molar-refractivity contribution in [3.8, 4) is 0 Å². The molecule has 1 saturated heterocycles. The Balaban J connectivity index is 1.66. The van der Waals surface area contributed by atoms with Crippen LogP contribution in [0.25, 0.3) is 0 Å². The number of aliphatic hydroxyl groups excluding tert-OH is 1. The Morgan fingerprint density at radius 1 is 1.23 bits per heavy atom. The van der Waals surface area contributed by atoms with Crippen LogP contribution >= 0.6 is 0 Å². The average Bonchev–Trinajstić information content (AvgIpc) is 3.23. The van der Waals surface area contributed by atoms with E-state index in [0.29, 0.717) is 19.3 Å². The number of nitrogens with zero attached hydrogens (tertiary/aromatic N) is 1. The van der Waals surface area contributed by atoms with Crippen LogP contribution in [0.3, 0.4) is 0 Å². The lowest BCUT2D eigenvalue weighted by molar-refractivity contribution is -0.217.